The van der Waals surface area contributed by atoms with Crippen LogP contribution in [-0.2, 0) is 21.2 Å². The van der Waals surface area contributed by atoms with E-state index in [1.165, 1.54) is 43.5 Å². The van der Waals surface area contributed by atoms with Crippen molar-refractivity contribution in [2.24, 2.45) is 0 Å². The van der Waals surface area contributed by atoms with Crippen LogP contribution in [0.5, 0.6) is 0 Å². The van der Waals surface area contributed by atoms with Crippen LogP contribution in [0.1, 0.15) is 18.4 Å². The molecule has 8 heteroatoms. The van der Waals surface area contributed by atoms with E-state index in [0.717, 1.165) is 23.7 Å². The van der Waals surface area contributed by atoms with Gasteiger partial charge < -0.3 is 10.2 Å². The molecule has 2 aromatic rings. The molecule has 1 heterocycles. The van der Waals surface area contributed by atoms with Gasteiger partial charge in [-0.15, -0.1) is 0 Å². The number of para-hydroxylation sites is 1. The third-order valence-electron chi connectivity index (χ3n) is 4.81. The lowest BCUT2D eigenvalue weighted by Crippen LogP contribution is -2.32. The van der Waals surface area contributed by atoms with Crippen molar-refractivity contribution in [1.82, 2.24) is 4.31 Å². The van der Waals surface area contributed by atoms with Gasteiger partial charge in [-0.3, -0.25) is 4.79 Å². The molecule has 2 aromatic carbocycles. The van der Waals surface area contributed by atoms with Gasteiger partial charge in [0, 0.05) is 39.3 Å². The minimum Gasteiger partial charge on any atom is -0.371 e. The molecule has 0 fully saturated rings. The van der Waals surface area contributed by atoms with Crippen LogP contribution in [-0.4, -0.2) is 45.8 Å². The largest absolute Gasteiger partial charge is 0.371 e. The number of halogens is 1. The van der Waals surface area contributed by atoms with E-state index in [1.807, 2.05) is 12.1 Å². The van der Waals surface area contributed by atoms with Crippen LogP contribution in [0.3, 0.4) is 0 Å². The Morgan fingerprint density at radius 2 is 1.96 bits per heavy atom. The van der Waals surface area contributed by atoms with Crippen LogP contribution >= 0.6 is 11.6 Å². The zero-order valence-electron chi connectivity index (χ0n) is 16.0. The van der Waals surface area contributed by atoms with Gasteiger partial charge in [0.05, 0.1) is 15.6 Å². The number of hydrogen-bond acceptors (Lipinski definition) is 4. The maximum Gasteiger partial charge on any atom is 0.242 e. The molecule has 28 heavy (non-hydrogen) atoms. The zero-order valence-corrected chi connectivity index (χ0v) is 17.6. The maximum absolute atomic E-state index is 12.5. The first-order valence-electron chi connectivity index (χ1n) is 9.14. The summed E-state index contributed by atoms with van der Waals surface area (Å²) >= 11 is 6.15. The average molecular weight is 422 g/mol. The molecule has 0 unspecified atom stereocenters. The number of anilines is 2. The highest BCUT2D eigenvalue weighted by atomic mass is 35.5. The Morgan fingerprint density at radius 1 is 1.21 bits per heavy atom. The SMILES string of the molecule is CN(C)S(=O)(=O)c1ccc(Cl)c(NC(=O)CCN2CCCc3ccccc32)c1. The Kier molecular flexibility index (Phi) is 6.27. The van der Waals surface area contributed by atoms with Crippen molar-refractivity contribution >= 4 is 38.9 Å². The fourth-order valence-electron chi connectivity index (χ4n) is 3.26. The highest BCUT2D eigenvalue weighted by molar-refractivity contribution is 7.89. The second-order valence-electron chi connectivity index (χ2n) is 6.95. The molecule has 1 amide bonds. The van der Waals surface area contributed by atoms with Crippen molar-refractivity contribution in [2.75, 3.05) is 37.4 Å². The molecule has 150 valence electrons. The number of fused-ring (bicyclic) bond motifs is 1. The Balaban J connectivity index is 1.68. The first-order valence-corrected chi connectivity index (χ1v) is 11.0. The van der Waals surface area contributed by atoms with Crippen molar-refractivity contribution < 1.29 is 13.2 Å². The first kappa shape index (κ1) is 20.6. The standard InChI is InChI=1S/C20H24ClN3O3S/c1-23(2)28(26,27)16-9-10-17(21)18(14-16)22-20(25)11-13-24-12-5-7-15-6-3-4-8-19(15)24/h3-4,6,8-10,14H,5,7,11-13H2,1-2H3,(H,22,25). The van der Waals surface area contributed by atoms with E-state index < -0.39 is 10.0 Å². The van der Waals surface area contributed by atoms with Crippen LogP contribution in [0.25, 0.3) is 0 Å². The number of carbonyl (C=O) groups excluding carboxylic acids is 1. The number of nitrogens with zero attached hydrogens (tertiary/aromatic N) is 2. The summed E-state index contributed by atoms with van der Waals surface area (Å²) in [5.74, 6) is -0.204. The van der Waals surface area contributed by atoms with Gasteiger partial charge in [0.1, 0.15) is 0 Å². The average Bonchev–Trinajstić information content (AvgIpc) is 2.67. The molecule has 0 aliphatic carbocycles. The van der Waals surface area contributed by atoms with Gasteiger partial charge in [0.15, 0.2) is 0 Å². The van der Waals surface area contributed by atoms with E-state index >= 15 is 0 Å². The molecule has 1 aliphatic heterocycles. The van der Waals surface area contributed by atoms with Gasteiger partial charge in [-0.25, -0.2) is 12.7 Å². The molecule has 3 rings (SSSR count). The molecular weight excluding hydrogens is 398 g/mol. The van der Waals surface area contributed by atoms with Crippen LogP contribution < -0.4 is 10.2 Å². The quantitative estimate of drug-likeness (QED) is 0.776. The van der Waals surface area contributed by atoms with Gasteiger partial charge in [0.25, 0.3) is 0 Å². The van der Waals surface area contributed by atoms with E-state index in [0.29, 0.717) is 17.3 Å². The van der Waals surface area contributed by atoms with E-state index in [4.69, 9.17) is 11.6 Å². The molecular formula is C20H24ClN3O3S. The number of benzene rings is 2. The summed E-state index contributed by atoms with van der Waals surface area (Å²) in [5.41, 5.74) is 2.78. The van der Waals surface area contributed by atoms with Crippen LogP contribution in [0.4, 0.5) is 11.4 Å². The number of hydrogen-bond donors (Lipinski definition) is 1. The zero-order chi connectivity index (χ0) is 20.3. The maximum atomic E-state index is 12.5. The molecule has 0 bridgehead atoms. The second kappa shape index (κ2) is 8.51. The van der Waals surface area contributed by atoms with Crippen molar-refractivity contribution in [3.8, 4) is 0 Å². The van der Waals surface area contributed by atoms with Gasteiger partial charge in [-0.1, -0.05) is 29.8 Å². The van der Waals surface area contributed by atoms with Crippen molar-refractivity contribution in [2.45, 2.75) is 24.2 Å². The summed E-state index contributed by atoms with van der Waals surface area (Å²) in [7, 11) is -0.686. The number of nitrogens with one attached hydrogen (secondary N) is 1. The van der Waals surface area contributed by atoms with Gasteiger partial charge in [-0.05, 0) is 42.7 Å². The minimum atomic E-state index is -3.60. The van der Waals surface area contributed by atoms with E-state index in [-0.39, 0.29) is 17.2 Å². The molecule has 0 spiro atoms. The minimum absolute atomic E-state index is 0.0853. The number of sulfonamides is 1. The fourth-order valence-corrected chi connectivity index (χ4v) is 4.36. The lowest BCUT2D eigenvalue weighted by molar-refractivity contribution is -0.116. The van der Waals surface area contributed by atoms with Crippen molar-refractivity contribution in [1.29, 1.82) is 0 Å². The predicted octanol–water partition coefficient (Wildman–Crippen LogP) is 3.37. The topological polar surface area (TPSA) is 69.7 Å². The van der Waals surface area contributed by atoms with Crippen LogP contribution in [0.2, 0.25) is 5.02 Å². The fraction of sp³-hybridized carbons (Fsp3) is 0.350. The highest BCUT2D eigenvalue weighted by Crippen LogP contribution is 2.28. The number of carbonyl (C=O) groups is 1. The molecule has 0 aromatic heterocycles. The van der Waals surface area contributed by atoms with E-state index in [9.17, 15) is 13.2 Å². The predicted molar refractivity (Wildman–Crippen MR) is 113 cm³/mol. The first-order chi connectivity index (χ1) is 13.3. The monoisotopic (exact) mass is 421 g/mol. The third-order valence-corrected chi connectivity index (χ3v) is 6.95. The summed E-state index contributed by atoms with van der Waals surface area (Å²) in [6.45, 7) is 1.51. The Labute approximate surface area is 171 Å². The van der Waals surface area contributed by atoms with E-state index in [2.05, 4.69) is 22.3 Å². The molecule has 0 saturated heterocycles. The van der Waals surface area contributed by atoms with Crippen molar-refractivity contribution in [3.05, 3.63) is 53.1 Å². The Hall–Kier alpha value is -2.09. The summed E-state index contributed by atoms with van der Waals surface area (Å²) in [4.78, 5) is 14.8. The third kappa shape index (κ3) is 4.48. The number of amides is 1. The Bertz CT molecular complexity index is 976. The van der Waals surface area contributed by atoms with Gasteiger partial charge in [0.2, 0.25) is 15.9 Å². The lowest BCUT2D eigenvalue weighted by Gasteiger charge is -2.31. The smallest absolute Gasteiger partial charge is 0.242 e. The molecule has 0 saturated carbocycles. The summed E-state index contributed by atoms with van der Waals surface area (Å²) in [5, 5.41) is 3.05. The van der Waals surface area contributed by atoms with Crippen molar-refractivity contribution in [3.63, 3.8) is 0 Å². The highest BCUT2D eigenvalue weighted by Gasteiger charge is 2.20. The number of aryl methyl sites for hydroxylation is 1. The molecule has 0 radical (unpaired) electrons. The van der Waals surface area contributed by atoms with E-state index in [1.54, 1.807) is 0 Å². The summed E-state index contributed by atoms with van der Waals surface area (Å²) in [6, 6.07) is 12.6. The number of rotatable bonds is 6. The molecule has 1 N–H and O–H groups in total. The molecule has 0 atom stereocenters. The molecule has 6 nitrogen and oxygen atoms in total. The van der Waals surface area contributed by atoms with Crippen LogP contribution in [0.15, 0.2) is 47.4 Å². The van der Waals surface area contributed by atoms with Crippen LogP contribution in [0, 0.1) is 0 Å². The lowest BCUT2D eigenvalue weighted by atomic mass is 10.0. The van der Waals surface area contributed by atoms with Gasteiger partial charge >= 0.3 is 0 Å². The molecule has 1 aliphatic rings. The van der Waals surface area contributed by atoms with Gasteiger partial charge in [-0.2, -0.15) is 0 Å². The summed E-state index contributed by atoms with van der Waals surface area (Å²) in [6.07, 6.45) is 2.41. The normalized spacial score (nSPS) is 14.1. The summed E-state index contributed by atoms with van der Waals surface area (Å²) < 4.78 is 25.7. The Morgan fingerprint density at radius 3 is 2.71 bits per heavy atom. The second-order valence-corrected chi connectivity index (χ2v) is 9.51.